The van der Waals surface area contributed by atoms with Crippen LogP contribution in [0.1, 0.15) is 11.1 Å². The maximum atomic E-state index is 13.8. The van der Waals surface area contributed by atoms with Gasteiger partial charge in [-0.05, 0) is 29.3 Å². The SMILES string of the molecule is CNC(=O)[C@@H](Cc1ccccc1)N(Cc1ccccc1Cl)C(=O)CN(c1ccccc1Cl)S(C)(=O)=O. The van der Waals surface area contributed by atoms with Crippen molar-refractivity contribution < 1.29 is 18.0 Å². The molecule has 3 aromatic carbocycles. The zero-order chi connectivity index (χ0) is 26.3. The van der Waals surface area contributed by atoms with Crippen molar-refractivity contribution in [1.29, 1.82) is 0 Å². The Morgan fingerprint density at radius 3 is 2.06 bits per heavy atom. The summed E-state index contributed by atoms with van der Waals surface area (Å²) in [4.78, 5) is 28.2. The summed E-state index contributed by atoms with van der Waals surface area (Å²) >= 11 is 12.7. The van der Waals surface area contributed by atoms with E-state index in [4.69, 9.17) is 23.2 Å². The molecule has 190 valence electrons. The number of carbonyl (C=O) groups is 2. The van der Waals surface area contributed by atoms with Gasteiger partial charge in [0.05, 0.1) is 17.0 Å². The Bertz CT molecular complexity index is 1320. The molecule has 0 saturated heterocycles. The van der Waals surface area contributed by atoms with Crippen molar-refractivity contribution >= 4 is 50.7 Å². The fourth-order valence-electron chi connectivity index (χ4n) is 3.78. The summed E-state index contributed by atoms with van der Waals surface area (Å²) in [6.45, 7) is -0.543. The first-order chi connectivity index (χ1) is 17.1. The van der Waals surface area contributed by atoms with Crippen LogP contribution >= 0.6 is 23.2 Å². The monoisotopic (exact) mass is 547 g/mol. The van der Waals surface area contributed by atoms with E-state index in [0.717, 1.165) is 16.1 Å². The fourth-order valence-corrected chi connectivity index (χ4v) is 5.12. The number of rotatable bonds is 10. The zero-order valence-electron chi connectivity index (χ0n) is 19.9. The fraction of sp³-hybridized carbons (Fsp3) is 0.231. The number of halogens is 2. The highest BCUT2D eigenvalue weighted by atomic mass is 35.5. The first-order valence-electron chi connectivity index (χ1n) is 11.1. The number of carbonyl (C=O) groups excluding carboxylic acids is 2. The quantitative estimate of drug-likeness (QED) is 0.413. The molecule has 10 heteroatoms. The second-order valence-electron chi connectivity index (χ2n) is 8.15. The van der Waals surface area contributed by atoms with Crippen LogP contribution in [-0.2, 0) is 32.6 Å². The van der Waals surface area contributed by atoms with E-state index in [1.165, 1.54) is 18.0 Å². The van der Waals surface area contributed by atoms with Gasteiger partial charge in [-0.15, -0.1) is 0 Å². The summed E-state index contributed by atoms with van der Waals surface area (Å²) in [7, 11) is -2.39. The Morgan fingerprint density at radius 2 is 1.47 bits per heavy atom. The predicted molar refractivity (Wildman–Crippen MR) is 144 cm³/mol. The van der Waals surface area contributed by atoms with Gasteiger partial charge in [-0.25, -0.2) is 8.42 Å². The maximum absolute atomic E-state index is 13.8. The van der Waals surface area contributed by atoms with Gasteiger partial charge in [-0.1, -0.05) is 83.9 Å². The van der Waals surface area contributed by atoms with Gasteiger partial charge < -0.3 is 10.2 Å². The lowest BCUT2D eigenvalue weighted by Gasteiger charge is -2.33. The summed E-state index contributed by atoms with van der Waals surface area (Å²) in [6.07, 6.45) is 1.23. The first-order valence-corrected chi connectivity index (χ1v) is 13.7. The number of nitrogens with one attached hydrogen (secondary N) is 1. The third-order valence-electron chi connectivity index (χ3n) is 5.62. The molecule has 0 fully saturated rings. The number of anilines is 1. The smallest absolute Gasteiger partial charge is 0.244 e. The van der Waals surface area contributed by atoms with E-state index in [-0.39, 0.29) is 29.6 Å². The van der Waals surface area contributed by atoms with Gasteiger partial charge in [0, 0.05) is 25.0 Å². The molecule has 0 heterocycles. The summed E-state index contributed by atoms with van der Waals surface area (Å²) < 4.78 is 26.3. The van der Waals surface area contributed by atoms with Crippen LogP contribution in [0.5, 0.6) is 0 Å². The van der Waals surface area contributed by atoms with Crippen molar-refractivity contribution in [3.8, 4) is 0 Å². The minimum atomic E-state index is -3.89. The zero-order valence-corrected chi connectivity index (χ0v) is 22.2. The van der Waals surface area contributed by atoms with E-state index in [9.17, 15) is 18.0 Å². The minimum absolute atomic E-state index is 0.00352. The average Bonchev–Trinajstić information content (AvgIpc) is 2.85. The lowest BCUT2D eigenvalue weighted by Crippen LogP contribution is -2.53. The number of hydrogen-bond acceptors (Lipinski definition) is 4. The molecule has 0 aliphatic heterocycles. The van der Waals surface area contributed by atoms with E-state index in [1.54, 1.807) is 42.5 Å². The molecule has 0 unspecified atom stereocenters. The van der Waals surface area contributed by atoms with Crippen molar-refractivity contribution in [3.05, 3.63) is 100 Å². The van der Waals surface area contributed by atoms with Crippen LogP contribution in [0.4, 0.5) is 5.69 Å². The Kier molecular flexibility index (Phi) is 9.37. The molecule has 2 amide bonds. The van der Waals surface area contributed by atoms with Crippen LogP contribution < -0.4 is 9.62 Å². The molecule has 0 spiro atoms. The van der Waals surface area contributed by atoms with E-state index < -0.39 is 28.5 Å². The van der Waals surface area contributed by atoms with Crippen molar-refractivity contribution in [2.24, 2.45) is 0 Å². The molecular formula is C26H27Cl2N3O4S. The average molecular weight is 548 g/mol. The van der Waals surface area contributed by atoms with Crippen LogP contribution in [0.3, 0.4) is 0 Å². The number of sulfonamides is 1. The second kappa shape index (κ2) is 12.3. The van der Waals surface area contributed by atoms with E-state index in [0.29, 0.717) is 10.6 Å². The van der Waals surface area contributed by atoms with Gasteiger partial charge in [0.25, 0.3) is 0 Å². The van der Waals surface area contributed by atoms with Crippen molar-refractivity contribution in [3.63, 3.8) is 0 Å². The molecule has 0 bridgehead atoms. The molecule has 1 N–H and O–H groups in total. The van der Waals surface area contributed by atoms with Crippen LogP contribution in [0, 0.1) is 0 Å². The molecule has 0 aromatic heterocycles. The van der Waals surface area contributed by atoms with Crippen LogP contribution in [0.15, 0.2) is 78.9 Å². The van der Waals surface area contributed by atoms with E-state index >= 15 is 0 Å². The molecule has 3 aromatic rings. The summed E-state index contributed by atoms with van der Waals surface area (Å²) in [5, 5.41) is 3.24. The third kappa shape index (κ3) is 7.00. The molecule has 3 rings (SSSR count). The van der Waals surface area contributed by atoms with Gasteiger partial charge in [-0.3, -0.25) is 13.9 Å². The Balaban J connectivity index is 2.05. The Labute approximate surface area is 221 Å². The summed E-state index contributed by atoms with van der Waals surface area (Å²) in [5.74, 6) is -0.965. The predicted octanol–water partition coefficient (Wildman–Crippen LogP) is 4.15. The molecule has 36 heavy (non-hydrogen) atoms. The lowest BCUT2D eigenvalue weighted by molar-refractivity contribution is -0.139. The molecule has 1 atom stereocenters. The number of nitrogens with zero attached hydrogens (tertiary/aromatic N) is 2. The second-order valence-corrected chi connectivity index (χ2v) is 10.9. The van der Waals surface area contributed by atoms with Crippen LogP contribution in [0.2, 0.25) is 10.0 Å². The third-order valence-corrected chi connectivity index (χ3v) is 7.43. The standard InChI is InChI=1S/C26H27Cl2N3O4S/c1-29-26(33)24(16-19-10-4-3-5-11-19)30(17-20-12-6-7-13-21(20)27)25(32)18-31(36(2,34)35)23-15-9-8-14-22(23)28/h3-15,24H,16-18H2,1-2H3,(H,29,33)/t24-/m1/s1. The van der Waals surface area contributed by atoms with E-state index in [1.807, 2.05) is 30.3 Å². The summed E-state index contributed by atoms with van der Waals surface area (Å²) in [5.41, 5.74) is 1.64. The first kappa shape index (κ1) is 27.5. The van der Waals surface area contributed by atoms with Crippen LogP contribution in [0.25, 0.3) is 0 Å². The largest absolute Gasteiger partial charge is 0.357 e. The lowest BCUT2D eigenvalue weighted by atomic mass is 10.0. The normalized spacial score (nSPS) is 12.0. The minimum Gasteiger partial charge on any atom is -0.357 e. The number of hydrogen-bond donors (Lipinski definition) is 1. The van der Waals surface area contributed by atoms with Gasteiger partial charge in [0.2, 0.25) is 21.8 Å². The van der Waals surface area contributed by atoms with Gasteiger partial charge in [0.15, 0.2) is 0 Å². The summed E-state index contributed by atoms with van der Waals surface area (Å²) in [6, 6.07) is 21.7. The van der Waals surface area contributed by atoms with Gasteiger partial charge in [-0.2, -0.15) is 0 Å². The van der Waals surface area contributed by atoms with Crippen LogP contribution in [-0.4, -0.2) is 51.0 Å². The molecule has 0 saturated carbocycles. The van der Waals surface area contributed by atoms with Crippen molar-refractivity contribution in [1.82, 2.24) is 10.2 Å². The van der Waals surface area contributed by atoms with Crippen molar-refractivity contribution in [2.45, 2.75) is 19.0 Å². The Morgan fingerprint density at radius 1 is 0.889 bits per heavy atom. The molecule has 0 aliphatic carbocycles. The highest BCUT2D eigenvalue weighted by Crippen LogP contribution is 2.28. The highest BCUT2D eigenvalue weighted by Gasteiger charge is 2.33. The Hall–Kier alpha value is -3.07. The molecule has 7 nitrogen and oxygen atoms in total. The number of para-hydroxylation sites is 1. The van der Waals surface area contributed by atoms with Gasteiger partial charge >= 0.3 is 0 Å². The molecule has 0 aliphatic rings. The maximum Gasteiger partial charge on any atom is 0.244 e. The van der Waals surface area contributed by atoms with Gasteiger partial charge in [0.1, 0.15) is 12.6 Å². The molecule has 0 radical (unpaired) electrons. The van der Waals surface area contributed by atoms with E-state index in [2.05, 4.69) is 5.32 Å². The number of amides is 2. The number of benzene rings is 3. The van der Waals surface area contributed by atoms with Crippen molar-refractivity contribution in [2.75, 3.05) is 24.2 Å². The number of likely N-dealkylation sites (N-methyl/N-ethyl adjacent to an activating group) is 1. The topological polar surface area (TPSA) is 86.8 Å². The molecular weight excluding hydrogens is 521 g/mol. The highest BCUT2D eigenvalue weighted by molar-refractivity contribution is 7.92.